The first kappa shape index (κ1) is 15.2. The number of ketones is 1. The maximum absolute atomic E-state index is 13.0. The zero-order valence-electron chi connectivity index (χ0n) is 13.9. The van der Waals surface area contributed by atoms with E-state index in [1.807, 2.05) is 62.5 Å². The van der Waals surface area contributed by atoms with Crippen LogP contribution in [0.3, 0.4) is 0 Å². The lowest BCUT2D eigenvalue weighted by Crippen LogP contribution is -2.15. The van der Waals surface area contributed by atoms with Crippen LogP contribution in [0.25, 0.3) is 22.0 Å². The summed E-state index contributed by atoms with van der Waals surface area (Å²) in [4.78, 5) is 17.5. The molecule has 0 radical (unpaired) electrons. The van der Waals surface area contributed by atoms with Gasteiger partial charge in [-0.2, -0.15) is 5.26 Å². The van der Waals surface area contributed by atoms with Gasteiger partial charge >= 0.3 is 0 Å². The summed E-state index contributed by atoms with van der Waals surface area (Å²) >= 11 is 0. The monoisotopic (exact) mass is 329 g/mol. The highest BCUT2D eigenvalue weighted by Gasteiger charge is 2.31. The largest absolute Gasteiger partial charge is 0.453 e. The van der Waals surface area contributed by atoms with Gasteiger partial charge in [-0.15, -0.1) is 0 Å². The molecule has 4 aromatic rings. The van der Waals surface area contributed by atoms with Gasteiger partial charge in [0, 0.05) is 18.0 Å². The number of aryl methyl sites for hydroxylation is 2. The number of carbonyl (C=O) groups is 1. The van der Waals surface area contributed by atoms with E-state index >= 15 is 0 Å². The molecule has 1 unspecified atom stereocenters. The van der Waals surface area contributed by atoms with Gasteiger partial charge < -0.3 is 8.98 Å². The predicted octanol–water partition coefficient (Wildman–Crippen LogP) is 4.12. The molecular weight excluding hydrogens is 314 g/mol. The number of hydrogen-bond acceptors (Lipinski definition) is 4. The van der Waals surface area contributed by atoms with Crippen LogP contribution in [-0.2, 0) is 7.05 Å². The van der Waals surface area contributed by atoms with Crippen molar-refractivity contribution in [2.24, 2.45) is 7.05 Å². The average Bonchev–Trinajstić information content (AvgIpc) is 3.14. The molecule has 122 valence electrons. The van der Waals surface area contributed by atoms with Crippen molar-refractivity contribution in [3.05, 3.63) is 65.7 Å². The number of rotatable bonds is 3. The molecular formula is C20H15N3O2. The van der Waals surface area contributed by atoms with E-state index in [4.69, 9.17) is 4.42 Å². The highest BCUT2D eigenvalue weighted by atomic mass is 16.3. The number of para-hydroxylation sites is 3. The third-order valence-electron chi connectivity index (χ3n) is 4.54. The van der Waals surface area contributed by atoms with Crippen LogP contribution in [0, 0.1) is 18.3 Å². The Hall–Kier alpha value is -3.39. The summed E-state index contributed by atoms with van der Waals surface area (Å²) in [5.41, 5.74) is 3.03. The van der Waals surface area contributed by atoms with E-state index in [-0.39, 0.29) is 11.5 Å². The molecule has 4 rings (SSSR count). The Balaban J connectivity index is 1.85. The SMILES string of the molecule is Cc1c(C(=O)C(C#N)c2nc3ccccc3n2C)oc2ccccc12. The van der Waals surface area contributed by atoms with E-state index in [9.17, 15) is 10.1 Å². The van der Waals surface area contributed by atoms with Crippen LogP contribution >= 0.6 is 0 Å². The lowest BCUT2D eigenvalue weighted by atomic mass is 10.00. The lowest BCUT2D eigenvalue weighted by molar-refractivity contribution is 0.0949. The molecule has 0 fully saturated rings. The minimum Gasteiger partial charge on any atom is -0.453 e. The molecule has 2 heterocycles. The zero-order chi connectivity index (χ0) is 17.6. The van der Waals surface area contributed by atoms with E-state index in [2.05, 4.69) is 11.1 Å². The minimum atomic E-state index is -1.02. The number of aromatic nitrogens is 2. The first-order valence-electron chi connectivity index (χ1n) is 7.95. The van der Waals surface area contributed by atoms with Crippen LogP contribution in [0.5, 0.6) is 0 Å². The third-order valence-corrected chi connectivity index (χ3v) is 4.54. The van der Waals surface area contributed by atoms with E-state index in [1.165, 1.54) is 0 Å². The summed E-state index contributed by atoms with van der Waals surface area (Å²) in [6, 6.07) is 17.1. The van der Waals surface area contributed by atoms with Crippen molar-refractivity contribution in [3.8, 4) is 6.07 Å². The van der Waals surface area contributed by atoms with Crippen molar-refractivity contribution >= 4 is 27.8 Å². The number of hydrogen-bond donors (Lipinski definition) is 0. The molecule has 0 aliphatic rings. The number of imidazole rings is 1. The van der Waals surface area contributed by atoms with Crippen molar-refractivity contribution in [3.63, 3.8) is 0 Å². The van der Waals surface area contributed by atoms with Crippen molar-refractivity contribution in [2.75, 3.05) is 0 Å². The van der Waals surface area contributed by atoms with Gasteiger partial charge in [0.05, 0.1) is 17.1 Å². The first-order valence-corrected chi connectivity index (χ1v) is 7.95. The molecule has 5 nitrogen and oxygen atoms in total. The standard InChI is InChI=1S/C20H15N3O2/c1-12-13-7-3-6-10-17(13)25-19(12)18(24)14(11-21)20-22-15-8-4-5-9-16(15)23(20)2/h3-10,14H,1-2H3. The van der Waals surface area contributed by atoms with Crippen LogP contribution in [0.2, 0.25) is 0 Å². The quantitative estimate of drug-likeness (QED) is 0.530. The summed E-state index contributed by atoms with van der Waals surface area (Å²) in [7, 11) is 1.81. The van der Waals surface area contributed by atoms with E-state index in [0.717, 1.165) is 22.0 Å². The number of carbonyl (C=O) groups excluding carboxylic acids is 1. The number of furan rings is 1. The Labute approximate surface area is 144 Å². The van der Waals surface area contributed by atoms with Crippen LogP contribution in [-0.4, -0.2) is 15.3 Å². The van der Waals surface area contributed by atoms with Crippen LogP contribution in [0.4, 0.5) is 0 Å². The van der Waals surface area contributed by atoms with E-state index < -0.39 is 5.92 Å². The van der Waals surface area contributed by atoms with Gasteiger partial charge in [-0.25, -0.2) is 4.98 Å². The number of Topliss-reactive ketones (excluding diaryl/α,β-unsaturated/α-hetero) is 1. The van der Waals surface area contributed by atoms with Crippen molar-refractivity contribution in [2.45, 2.75) is 12.8 Å². The Morgan fingerprint density at radius 1 is 1.20 bits per heavy atom. The maximum atomic E-state index is 13.0. The second kappa shape index (κ2) is 5.60. The molecule has 25 heavy (non-hydrogen) atoms. The van der Waals surface area contributed by atoms with Crippen molar-refractivity contribution < 1.29 is 9.21 Å². The first-order chi connectivity index (χ1) is 12.1. The minimum absolute atomic E-state index is 0.222. The number of fused-ring (bicyclic) bond motifs is 2. The molecule has 0 spiro atoms. The Kier molecular flexibility index (Phi) is 3.40. The fraction of sp³-hybridized carbons (Fsp3) is 0.150. The summed E-state index contributed by atoms with van der Waals surface area (Å²) in [6.07, 6.45) is 0. The van der Waals surface area contributed by atoms with Crippen LogP contribution in [0.15, 0.2) is 52.9 Å². The smallest absolute Gasteiger partial charge is 0.223 e. The van der Waals surface area contributed by atoms with Crippen molar-refractivity contribution in [1.82, 2.24) is 9.55 Å². The molecule has 0 amide bonds. The molecule has 2 aromatic heterocycles. The van der Waals surface area contributed by atoms with E-state index in [0.29, 0.717) is 11.4 Å². The topological polar surface area (TPSA) is 71.8 Å². The van der Waals surface area contributed by atoms with Crippen molar-refractivity contribution in [1.29, 1.82) is 5.26 Å². The van der Waals surface area contributed by atoms with Crippen LogP contribution in [0.1, 0.15) is 27.9 Å². The third kappa shape index (κ3) is 2.23. The molecule has 0 aliphatic heterocycles. The number of nitriles is 1. The average molecular weight is 329 g/mol. The van der Waals surface area contributed by atoms with Gasteiger partial charge in [0.15, 0.2) is 11.7 Å². The second-order valence-electron chi connectivity index (χ2n) is 6.00. The molecule has 0 saturated carbocycles. The Morgan fingerprint density at radius 2 is 1.92 bits per heavy atom. The molecule has 0 N–H and O–H groups in total. The van der Waals surface area contributed by atoms with Gasteiger partial charge in [-0.1, -0.05) is 30.3 Å². The second-order valence-corrected chi connectivity index (χ2v) is 6.00. The van der Waals surface area contributed by atoms with Gasteiger partial charge in [0.2, 0.25) is 5.78 Å². The van der Waals surface area contributed by atoms with Gasteiger partial charge in [-0.05, 0) is 25.1 Å². The van der Waals surface area contributed by atoms with Gasteiger partial charge in [0.25, 0.3) is 0 Å². The lowest BCUT2D eigenvalue weighted by Gasteiger charge is -2.07. The predicted molar refractivity (Wildman–Crippen MR) is 94.3 cm³/mol. The number of benzene rings is 2. The molecule has 5 heteroatoms. The molecule has 0 saturated heterocycles. The summed E-state index contributed by atoms with van der Waals surface area (Å²) in [5.74, 6) is -0.736. The Bertz CT molecular complexity index is 1160. The fourth-order valence-corrected chi connectivity index (χ4v) is 3.20. The van der Waals surface area contributed by atoms with Gasteiger partial charge in [-0.3, -0.25) is 4.79 Å². The summed E-state index contributed by atoms with van der Waals surface area (Å²) in [5, 5.41) is 10.5. The highest BCUT2D eigenvalue weighted by molar-refractivity contribution is 6.05. The normalized spacial score (nSPS) is 12.4. The van der Waals surface area contributed by atoms with Gasteiger partial charge in [0.1, 0.15) is 11.4 Å². The molecule has 1 atom stereocenters. The molecule has 0 aliphatic carbocycles. The molecule has 2 aromatic carbocycles. The Morgan fingerprint density at radius 3 is 2.64 bits per heavy atom. The number of nitrogens with zero attached hydrogens (tertiary/aromatic N) is 3. The van der Waals surface area contributed by atoms with Crippen LogP contribution < -0.4 is 0 Å². The van der Waals surface area contributed by atoms with E-state index in [1.54, 1.807) is 4.57 Å². The fourth-order valence-electron chi connectivity index (χ4n) is 3.20. The zero-order valence-corrected chi connectivity index (χ0v) is 13.9. The highest BCUT2D eigenvalue weighted by Crippen LogP contribution is 2.30. The maximum Gasteiger partial charge on any atom is 0.223 e. The molecule has 0 bridgehead atoms. The summed E-state index contributed by atoms with van der Waals surface area (Å²) in [6.45, 7) is 1.84. The summed E-state index contributed by atoms with van der Waals surface area (Å²) < 4.78 is 7.53.